The van der Waals surface area contributed by atoms with Crippen LogP contribution in [0.25, 0.3) is 0 Å². The molecule has 1 aromatic carbocycles. The minimum atomic E-state index is -3.42. The summed E-state index contributed by atoms with van der Waals surface area (Å²) in [6.07, 6.45) is 4.40. The highest BCUT2D eigenvalue weighted by Crippen LogP contribution is 2.23. The Morgan fingerprint density at radius 3 is 2.35 bits per heavy atom. The summed E-state index contributed by atoms with van der Waals surface area (Å²) in [5.74, 6) is 0.677. The van der Waals surface area contributed by atoms with E-state index in [1.165, 1.54) is 0 Å². The number of carbonyl (C=O) groups is 1. The lowest BCUT2D eigenvalue weighted by Crippen LogP contribution is -2.38. The molecule has 0 aliphatic carbocycles. The van der Waals surface area contributed by atoms with E-state index < -0.39 is 16.1 Å². The number of amides is 1. The Labute approximate surface area is 137 Å². The van der Waals surface area contributed by atoms with Crippen molar-refractivity contribution in [2.75, 3.05) is 26.5 Å². The van der Waals surface area contributed by atoms with Crippen molar-refractivity contribution in [1.82, 2.24) is 9.62 Å². The number of piperidine rings is 1. The normalized spacial score (nSPS) is 16.9. The molecule has 0 aromatic heterocycles. The smallest absolute Gasteiger partial charge is 0.224 e. The van der Waals surface area contributed by atoms with Gasteiger partial charge in [0, 0.05) is 19.5 Å². The van der Waals surface area contributed by atoms with Gasteiger partial charge in [0.25, 0.3) is 0 Å². The first-order chi connectivity index (χ1) is 10.9. The van der Waals surface area contributed by atoms with Crippen LogP contribution in [0, 0.1) is 0 Å². The summed E-state index contributed by atoms with van der Waals surface area (Å²) < 4.78 is 30.9. The van der Waals surface area contributed by atoms with Crippen LogP contribution in [0.15, 0.2) is 24.3 Å². The van der Waals surface area contributed by atoms with E-state index in [1.807, 2.05) is 4.90 Å². The molecule has 1 fully saturated rings. The third-order valence-corrected chi connectivity index (χ3v) is 4.67. The number of hydrogen-bond acceptors (Lipinski definition) is 4. The molecule has 0 unspecified atom stereocenters. The van der Waals surface area contributed by atoms with Crippen molar-refractivity contribution in [2.45, 2.75) is 31.7 Å². The number of nitrogens with zero attached hydrogens (tertiary/aromatic N) is 1. The van der Waals surface area contributed by atoms with E-state index in [-0.39, 0.29) is 12.3 Å². The number of rotatable bonds is 6. The van der Waals surface area contributed by atoms with Gasteiger partial charge in [-0.2, -0.15) is 0 Å². The maximum atomic E-state index is 12.5. The van der Waals surface area contributed by atoms with Gasteiger partial charge in [0.15, 0.2) is 0 Å². The van der Waals surface area contributed by atoms with E-state index in [0.717, 1.165) is 44.2 Å². The van der Waals surface area contributed by atoms with Crippen LogP contribution in [0.4, 0.5) is 0 Å². The molecule has 1 saturated heterocycles. The summed E-state index contributed by atoms with van der Waals surface area (Å²) in [5.41, 5.74) is 0.751. The fourth-order valence-corrected chi connectivity index (χ4v) is 3.51. The Morgan fingerprint density at radius 2 is 1.83 bits per heavy atom. The molecule has 1 aliphatic heterocycles. The van der Waals surface area contributed by atoms with Crippen LogP contribution in [0.2, 0.25) is 0 Å². The first kappa shape index (κ1) is 17.7. The summed E-state index contributed by atoms with van der Waals surface area (Å²) in [4.78, 5) is 14.3. The largest absolute Gasteiger partial charge is 0.497 e. The highest BCUT2D eigenvalue weighted by molar-refractivity contribution is 7.88. The Balaban J connectivity index is 2.14. The van der Waals surface area contributed by atoms with E-state index in [1.54, 1.807) is 31.4 Å². The van der Waals surface area contributed by atoms with Crippen molar-refractivity contribution in [1.29, 1.82) is 0 Å². The Bertz CT molecular complexity index is 622. The van der Waals surface area contributed by atoms with E-state index in [0.29, 0.717) is 5.75 Å². The van der Waals surface area contributed by atoms with E-state index in [2.05, 4.69) is 4.72 Å². The second-order valence-electron chi connectivity index (χ2n) is 5.86. The van der Waals surface area contributed by atoms with Gasteiger partial charge < -0.3 is 9.64 Å². The SMILES string of the molecule is COc1ccc([C@H](CC(=O)N2CCCCC2)NS(C)(=O)=O)cc1. The quantitative estimate of drug-likeness (QED) is 0.855. The van der Waals surface area contributed by atoms with Gasteiger partial charge in [-0.25, -0.2) is 13.1 Å². The zero-order valence-electron chi connectivity index (χ0n) is 13.6. The molecule has 1 aromatic rings. The van der Waals surface area contributed by atoms with Crippen molar-refractivity contribution in [2.24, 2.45) is 0 Å². The van der Waals surface area contributed by atoms with Gasteiger partial charge in [0.2, 0.25) is 15.9 Å². The lowest BCUT2D eigenvalue weighted by Gasteiger charge is -2.28. The van der Waals surface area contributed by atoms with Gasteiger partial charge in [-0.15, -0.1) is 0 Å². The number of methoxy groups -OCH3 is 1. The average Bonchev–Trinajstić information content (AvgIpc) is 2.54. The minimum Gasteiger partial charge on any atom is -0.497 e. The molecule has 7 heteroatoms. The standard InChI is InChI=1S/C16H24N2O4S/c1-22-14-8-6-13(7-9-14)15(17-23(2,20)21)12-16(19)18-10-4-3-5-11-18/h6-9,15,17H,3-5,10-12H2,1-2H3/t15-/m0/s1. The number of benzene rings is 1. The number of nitrogens with one attached hydrogen (secondary N) is 1. The third-order valence-electron chi connectivity index (χ3n) is 3.96. The molecule has 23 heavy (non-hydrogen) atoms. The number of hydrogen-bond donors (Lipinski definition) is 1. The van der Waals surface area contributed by atoms with Crippen LogP contribution in [-0.4, -0.2) is 45.7 Å². The molecule has 1 amide bonds. The molecule has 0 radical (unpaired) electrons. The van der Waals surface area contributed by atoms with Crippen LogP contribution in [0.1, 0.15) is 37.3 Å². The van der Waals surface area contributed by atoms with E-state index >= 15 is 0 Å². The summed E-state index contributed by atoms with van der Waals surface area (Å²) in [6.45, 7) is 1.51. The Morgan fingerprint density at radius 1 is 1.22 bits per heavy atom. The van der Waals surface area contributed by atoms with Crippen molar-refractivity contribution < 1.29 is 17.9 Å². The Kier molecular flexibility index (Phi) is 6.01. The molecule has 1 aliphatic rings. The average molecular weight is 340 g/mol. The predicted octanol–water partition coefficient (Wildman–Crippen LogP) is 1.69. The molecule has 6 nitrogen and oxygen atoms in total. The molecular weight excluding hydrogens is 316 g/mol. The molecule has 128 valence electrons. The van der Waals surface area contributed by atoms with Crippen LogP contribution in [0.3, 0.4) is 0 Å². The van der Waals surface area contributed by atoms with E-state index in [4.69, 9.17) is 4.74 Å². The summed E-state index contributed by atoms with van der Waals surface area (Å²) in [6, 6.07) is 6.52. The zero-order valence-corrected chi connectivity index (χ0v) is 14.4. The highest BCUT2D eigenvalue weighted by atomic mass is 32.2. The van der Waals surface area contributed by atoms with E-state index in [9.17, 15) is 13.2 Å². The molecule has 2 rings (SSSR count). The first-order valence-corrected chi connectivity index (χ1v) is 9.67. The molecule has 1 heterocycles. The summed E-state index contributed by atoms with van der Waals surface area (Å²) in [7, 11) is -1.84. The lowest BCUT2D eigenvalue weighted by molar-refractivity contribution is -0.132. The summed E-state index contributed by atoms with van der Waals surface area (Å²) >= 11 is 0. The van der Waals surface area contributed by atoms with Gasteiger partial charge in [0.1, 0.15) is 5.75 Å². The van der Waals surface area contributed by atoms with Crippen molar-refractivity contribution in [3.8, 4) is 5.75 Å². The van der Waals surface area contributed by atoms with Crippen molar-refractivity contribution in [3.63, 3.8) is 0 Å². The summed E-state index contributed by atoms with van der Waals surface area (Å²) in [5, 5.41) is 0. The van der Waals surface area contributed by atoms with Crippen molar-refractivity contribution >= 4 is 15.9 Å². The number of sulfonamides is 1. The second-order valence-corrected chi connectivity index (χ2v) is 7.64. The first-order valence-electron chi connectivity index (χ1n) is 7.78. The molecule has 1 atom stereocenters. The number of carbonyl (C=O) groups excluding carboxylic acids is 1. The maximum absolute atomic E-state index is 12.5. The second kappa shape index (κ2) is 7.79. The van der Waals surface area contributed by atoms with Crippen molar-refractivity contribution in [3.05, 3.63) is 29.8 Å². The van der Waals surface area contributed by atoms with Gasteiger partial charge in [-0.05, 0) is 37.0 Å². The molecule has 0 saturated carbocycles. The zero-order chi connectivity index (χ0) is 16.9. The predicted molar refractivity (Wildman–Crippen MR) is 88.8 cm³/mol. The molecule has 0 bridgehead atoms. The van der Waals surface area contributed by atoms with Gasteiger partial charge >= 0.3 is 0 Å². The van der Waals surface area contributed by atoms with Gasteiger partial charge in [0.05, 0.1) is 19.4 Å². The molecule has 1 N–H and O–H groups in total. The Hall–Kier alpha value is -1.60. The van der Waals surface area contributed by atoms with Crippen LogP contribution < -0.4 is 9.46 Å². The number of likely N-dealkylation sites (tertiary alicyclic amines) is 1. The lowest BCUT2D eigenvalue weighted by atomic mass is 10.0. The minimum absolute atomic E-state index is 0.0123. The monoisotopic (exact) mass is 340 g/mol. The molecular formula is C16H24N2O4S. The maximum Gasteiger partial charge on any atom is 0.224 e. The fraction of sp³-hybridized carbons (Fsp3) is 0.562. The third kappa shape index (κ3) is 5.51. The van der Waals surface area contributed by atoms with Crippen LogP contribution in [0.5, 0.6) is 5.75 Å². The van der Waals surface area contributed by atoms with Crippen LogP contribution >= 0.6 is 0 Å². The van der Waals surface area contributed by atoms with Gasteiger partial charge in [-0.1, -0.05) is 12.1 Å². The van der Waals surface area contributed by atoms with Gasteiger partial charge in [-0.3, -0.25) is 4.79 Å². The number of ether oxygens (including phenoxy) is 1. The topological polar surface area (TPSA) is 75.7 Å². The fourth-order valence-electron chi connectivity index (χ4n) is 2.77. The highest BCUT2D eigenvalue weighted by Gasteiger charge is 2.24. The van der Waals surface area contributed by atoms with Crippen LogP contribution in [-0.2, 0) is 14.8 Å². The molecule has 0 spiro atoms.